The van der Waals surface area contributed by atoms with Crippen LogP contribution in [0.4, 0.5) is 0 Å². The number of carbonyl (C=O) groups excluding carboxylic acids is 1. The number of methoxy groups -OCH3 is 1. The summed E-state index contributed by atoms with van der Waals surface area (Å²) in [5.41, 5.74) is 2.86. The molecule has 5 nitrogen and oxygen atoms in total. The van der Waals surface area contributed by atoms with Gasteiger partial charge in [-0.3, -0.25) is 4.79 Å². The number of ether oxygens (including phenoxy) is 1. The van der Waals surface area contributed by atoms with Crippen molar-refractivity contribution in [1.29, 1.82) is 0 Å². The molecule has 0 aliphatic rings. The van der Waals surface area contributed by atoms with Crippen LogP contribution < -0.4 is 10.1 Å². The SMILES string of the molecule is CCCCCCCCCCn1c(CCNC(=O)c2ccc(OC)cc2)nc2ccccc21. The van der Waals surface area contributed by atoms with Crippen molar-refractivity contribution in [2.75, 3.05) is 13.7 Å². The first-order valence-corrected chi connectivity index (χ1v) is 12.1. The second kappa shape index (κ2) is 12.9. The van der Waals surface area contributed by atoms with Gasteiger partial charge >= 0.3 is 0 Å². The van der Waals surface area contributed by atoms with Gasteiger partial charge in [0.05, 0.1) is 18.1 Å². The number of hydrogen-bond donors (Lipinski definition) is 1. The minimum atomic E-state index is -0.0709. The summed E-state index contributed by atoms with van der Waals surface area (Å²) in [6.07, 6.45) is 11.2. The van der Waals surface area contributed by atoms with Crippen molar-refractivity contribution >= 4 is 16.9 Å². The molecule has 1 heterocycles. The summed E-state index contributed by atoms with van der Waals surface area (Å²) >= 11 is 0. The molecule has 0 atom stereocenters. The number of nitrogens with one attached hydrogen (secondary N) is 1. The maximum Gasteiger partial charge on any atom is 0.251 e. The van der Waals surface area contributed by atoms with Crippen molar-refractivity contribution in [3.8, 4) is 5.75 Å². The zero-order valence-corrected chi connectivity index (χ0v) is 19.6. The molecule has 2 aromatic carbocycles. The number of unbranched alkanes of at least 4 members (excludes halogenated alkanes) is 7. The third-order valence-electron chi connectivity index (χ3n) is 5.96. The van der Waals surface area contributed by atoms with Crippen molar-refractivity contribution in [2.24, 2.45) is 0 Å². The highest BCUT2D eigenvalue weighted by Gasteiger charge is 2.11. The molecule has 0 aliphatic carbocycles. The monoisotopic (exact) mass is 435 g/mol. The van der Waals surface area contributed by atoms with Gasteiger partial charge in [0.2, 0.25) is 0 Å². The van der Waals surface area contributed by atoms with Gasteiger partial charge in [0.15, 0.2) is 0 Å². The van der Waals surface area contributed by atoms with Crippen LogP contribution in [-0.4, -0.2) is 29.1 Å². The smallest absolute Gasteiger partial charge is 0.251 e. The lowest BCUT2D eigenvalue weighted by Crippen LogP contribution is -2.26. The highest BCUT2D eigenvalue weighted by Crippen LogP contribution is 2.18. The number of rotatable bonds is 14. The molecule has 32 heavy (non-hydrogen) atoms. The second-order valence-corrected chi connectivity index (χ2v) is 8.38. The van der Waals surface area contributed by atoms with Gasteiger partial charge in [0, 0.05) is 25.1 Å². The van der Waals surface area contributed by atoms with Gasteiger partial charge in [-0.05, 0) is 42.8 Å². The molecular formula is C27H37N3O2. The van der Waals surface area contributed by atoms with Crippen LogP contribution >= 0.6 is 0 Å². The van der Waals surface area contributed by atoms with Gasteiger partial charge in [-0.1, -0.05) is 64.0 Å². The van der Waals surface area contributed by atoms with Crippen LogP contribution in [0, 0.1) is 0 Å². The van der Waals surface area contributed by atoms with E-state index in [0.29, 0.717) is 18.5 Å². The number of para-hydroxylation sites is 2. The third-order valence-corrected chi connectivity index (χ3v) is 5.96. The van der Waals surface area contributed by atoms with Gasteiger partial charge in [-0.15, -0.1) is 0 Å². The molecule has 0 aliphatic heterocycles. The minimum absolute atomic E-state index is 0.0709. The van der Waals surface area contributed by atoms with E-state index in [4.69, 9.17) is 9.72 Å². The highest BCUT2D eigenvalue weighted by molar-refractivity contribution is 5.94. The Labute approximate surface area is 192 Å². The Morgan fingerprint density at radius 3 is 2.34 bits per heavy atom. The van der Waals surface area contributed by atoms with Gasteiger partial charge in [0.25, 0.3) is 5.91 Å². The molecule has 3 aromatic rings. The summed E-state index contributed by atoms with van der Waals surface area (Å²) in [4.78, 5) is 17.3. The first-order chi connectivity index (χ1) is 15.7. The number of imidazole rings is 1. The number of benzene rings is 2. The van der Waals surface area contributed by atoms with E-state index in [-0.39, 0.29) is 5.91 Å². The lowest BCUT2D eigenvalue weighted by atomic mass is 10.1. The van der Waals surface area contributed by atoms with E-state index in [2.05, 4.69) is 35.0 Å². The van der Waals surface area contributed by atoms with Gasteiger partial charge in [0.1, 0.15) is 11.6 Å². The first-order valence-electron chi connectivity index (χ1n) is 12.1. The number of aromatic nitrogens is 2. The fraction of sp³-hybridized carbons (Fsp3) is 0.481. The van der Waals surface area contributed by atoms with E-state index in [1.807, 2.05) is 6.07 Å². The molecule has 0 unspecified atom stereocenters. The van der Waals surface area contributed by atoms with E-state index >= 15 is 0 Å². The number of nitrogens with zero attached hydrogens (tertiary/aromatic N) is 2. The van der Waals surface area contributed by atoms with Crippen LogP contribution in [0.15, 0.2) is 48.5 Å². The molecule has 0 saturated carbocycles. The highest BCUT2D eigenvalue weighted by atomic mass is 16.5. The first kappa shape index (κ1) is 23.8. The van der Waals surface area contributed by atoms with Crippen molar-refractivity contribution in [3.05, 3.63) is 59.9 Å². The molecule has 0 saturated heterocycles. The van der Waals surface area contributed by atoms with E-state index < -0.39 is 0 Å². The predicted molar refractivity (Wildman–Crippen MR) is 131 cm³/mol. The van der Waals surface area contributed by atoms with Gasteiger partial charge in [-0.2, -0.15) is 0 Å². The van der Waals surface area contributed by atoms with E-state index in [9.17, 15) is 4.79 Å². The van der Waals surface area contributed by atoms with Gasteiger partial charge < -0.3 is 14.6 Å². The van der Waals surface area contributed by atoms with Crippen LogP contribution in [0.3, 0.4) is 0 Å². The van der Waals surface area contributed by atoms with Crippen LogP contribution in [0.5, 0.6) is 5.75 Å². The molecule has 1 N–H and O–H groups in total. The normalized spacial score (nSPS) is 11.1. The molecule has 5 heteroatoms. The maximum absolute atomic E-state index is 12.5. The average Bonchev–Trinajstić information content (AvgIpc) is 3.18. The molecule has 172 valence electrons. The quantitative estimate of drug-likeness (QED) is 0.309. The molecule has 0 fully saturated rings. The molecule has 0 bridgehead atoms. The topological polar surface area (TPSA) is 56.2 Å². The largest absolute Gasteiger partial charge is 0.497 e. The summed E-state index contributed by atoms with van der Waals surface area (Å²) in [6.45, 7) is 3.81. The Hall–Kier alpha value is -2.82. The number of fused-ring (bicyclic) bond motifs is 1. The van der Waals surface area contributed by atoms with Crippen LogP contribution in [0.1, 0.15) is 74.5 Å². The molecule has 3 rings (SSSR count). The summed E-state index contributed by atoms with van der Waals surface area (Å²) in [6, 6.07) is 15.5. The number of amides is 1. The third kappa shape index (κ3) is 6.84. The van der Waals surface area contributed by atoms with E-state index in [1.165, 1.54) is 56.9 Å². The van der Waals surface area contributed by atoms with Crippen molar-refractivity contribution in [2.45, 2.75) is 71.3 Å². The Bertz CT molecular complexity index is 963. The fourth-order valence-electron chi connectivity index (χ4n) is 4.10. The van der Waals surface area contributed by atoms with Crippen molar-refractivity contribution in [3.63, 3.8) is 0 Å². The standard InChI is InChI=1S/C27H37N3O2/c1-3-4-5-6-7-8-9-12-21-30-25-14-11-10-13-24(25)29-26(30)19-20-28-27(31)22-15-17-23(32-2)18-16-22/h10-11,13-18H,3-9,12,19-21H2,1-2H3,(H,28,31). The Morgan fingerprint density at radius 2 is 1.62 bits per heavy atom. The van der Waals surface area contributed by atoms with Crippen LogP contribution in [0.25, 0.3) is 11.0 Å². The summed E-state index contributed by atoms with van der Waals surface area (Å²) < 4.78 is 7.50. The van der Waals surface area contributed by atoms with Gasteiger partial charge in [-0.25, -0.2) is 4.98 Å². The molecular weight excluding hydrogens is 398 g/mol. The second-order valence-electron chi connectivity index (χ2n) is 8.38. The van der Waals surface area contributed by atoms with E-state index in [0.717, 1.165) is 23.6 Å². The molecule has 0 radical (unpaired) electrons. The molecule has 0 spiro atoms. The number of aryl methyl sites for hydroxylation is 1. The van der Waals surface area contributed by atoms with Crippen molar-refractivity contribution in [1.82, 2.24) is 14.9 Å². The average molecular weight is 436 g/mol. The molecule has 1 aromatic heterocycles. The Kier molecular flexibility index (Phi) is 9.60. The fourth-order valence-corrected chi connectivity index (χ4v) is 4.10. The Balaban J connectivity index is 1.52. The number of carbonyl (C=O) groups is 1. The lowest BCUT2D eigenvalue weighted by Gasteiger charge is -2.10. The van der Waals surface area contributed by atoms with E-state index in [1.54, 1.807) is 31.4 Å². The maximum atomic E-state index is 12.5. The zero-order chi connectivity index (χ0) is 22.6. The molecule has 1 amide bonds. The summed E-state index contributed by atoms with van der Waals surface area (Å²) in [5, 5.41) is 3.02. The van der Waals surface area contributed by atoms with Crippen molar-refractivity contribution < 1.29 is 9.53 Å². The number of hydrogen-bond acceptors (Lipinski definition) is 3. The predicted octanol–water partition coefficient (Wildman–Crippen LogP) is 6.16. The summed E-state index contributed by atoms with van der Waals surface area (Å²) in [5.74, 6) is 1.72. The lowest BCUT2D eigenvalue weighted by molar-refractivity contribution is 0.0954. The van der Waals surface area contributed by atoms with Crippen LogP contribution in [-0.2, 0) is 13.0 Å². The summed E-state index contributed by atoms with van der Waals surface area (Å²) in [7, 11) is 1.62. The Morgan fingerprint density at radius 1 is 0.938 bits per heavy atom. The minimum Gasteiger partial charge on any atom is -0.497 e. The van der Waals surface area contributed by atoms with Crippen LogP contribution in [0.2, 0.25) is 0 Å². The zero-order valence-electron chi connectivity index (χ0n) is 19.6.